The summed E-state index contributed by atoms with van der Waals surface area (Å²) in [6, 6.07) is 4.69. The second-order valence-corrected chi connectivity index (χ2v) is 3.55. The quantitative estimate of drug-likeness (QED) is 0.743. The van der Waals surface area contributed by atoms with E-state index in [4.69, 9.17) is 9.84 Å². The van der Waals surface area contributed by atoms with Crippen molar-refractivity contribution in [2.75, 3.05) is 6.61 Å². The summed E-state index contributed by atoms with van der Waals surface area (Å²) in [6.45, 7) is 0.471. The number of hydrogen-bond donors (Lipinski definition) is 2. The number of carbonyl (C=O) groups excluding carboxylic acids is 1. The number of carbonyl (C=O) groups is 2. The Morgan fingerprint density at radius 3 is 3.06 bits per heavy atom. The van der Waals surface area contributed by atoms with Gasteiger partial charge in [-0.3, -0.25) is 4.79 Å². The molecule has 5 nitrogen and oxygen atoms in total. The number of hydrogen-bond acceptors (Lipinski definition) is 3. The Bertz CT molecular complexity index is 430. The van der Waals surface area contributed by atoms with Gasteiger partial charge in [0.05, 0.1) is 12.6 Å². The van der Waals surface area contributed by atoms with E-state index in [-0.39, 0.29) is 6.04 Å². The normalized spacial score (nSPS) is 18.1. The zero-order valence-electron chi connectivity index (χ0n) is 8.47. The van der Waals surface area contributed by atoms with Crippen molar-refractivity contribution < 1.29 is 19.4 Å². The monoisotopic (exact) mass is 221 g/mol. The number of carboxylic acid groups (broad SMARTS) is 1. The molecule has 1 amide bonds. The highest BCUT2D eigenvalue weighted by Gasteiger charge is 2.23. The van der Waals surface area contributed by atoms with Gasteiger partial charge in [-0.1, -0.05) is 0 Å². The van der Waals surface area contributed by atoms with Crippen LogP contribution in [0.2, 0.25) is 0 Å². The molecule has 2 N–H and O–H groups in total. The van der Waals surface area contributed by atoms with E-state index >= 15 is 0 Å². The Hall–Kier alpha value is -2.04. The highest BCUT2D eigenvalue weighted by molar-refractivity contribution is 5.76. The number of benzene rings is 1. The Kier molecular flexibility index (Phi) is 2.76. The van der Waals surface area contributed by atoms with E-state index in [2.05, 4.69) is 5.32 Å². The van der Waals surface area contributed by atoms with E-state index in [1.54, 1.807) is 18.2 Å². The molecule has 0 aromatic heterocycles. The van der Waals surface area contributed by atoms with Crippen LogP contribution in [0.3, 0.4) is 0 Å². The van der Waals surface area contributed by atoms with Crippen molar-refractivity contribution in [2.24, 2.45) is 0 Å². The highest BCUT2D eigenvalue weighted by Crippen LogP contribution is 2.32. The molecule has 0 fully saturated rings. The van der Waals surface area contributed by atoms with Gasteiger partial charge in [0.2, 0.25) is 0 Å². The lowest BCUT2D eigenvalue weighted by Crippen LogP contribution is -2.30. The van der Waals surface area contributed by atoms with Crippen LogP contribution in [-0.4, -0.2) is 24.1 Å². The summed E-state index contributed by atoms with van der Waals surface area (Å²) >= 11 is 0. The van der Waals surface area contributed by atoms with Crippen LogP contribution in [-0.2, 0) is 0 Å². The molecule has 1 unspecified atom stereocenters. The zero-order chi connectivity index (χ0) is 11.5. The Balaban J connectivity index is 2.35. The molecule has 1 aliphatic rings. The van der Waals surface area contributed by atoms with Gasteiger partial charge in [0.25, 0.3) is 0 Å². The molecular formula is C11H11NO4. The van der Waals surface area contributed by atoms with Crippen LogP contribution in [0.25, 0.3) is 0 Å². The van der Waals surface area contributed by atoms with Gasteiger partial charge in [0, 0.05) is 17.5 Å². The first-order valence-corrected chi connectivity index (χ1v) is 4.92. The van der Waals surface area contributed by atoms with Crippen molar-refractivity contribution in [3.8, 4) is 5.75 Å². The van der Waals surface area contributed by atoms with Crippen LogP contribution in [0, 0.1) is 0 Å². The molecule has 1 aliphatic heterocycles. The molecule has 16 heavy (non-hydrogen) atoms. The van der Waals surface area contributed by atoms with Crippen LogP contribution in [0.5, 0.6) is 5.75 Å². The summed E-state index contributed by atoms with van der Waals surface area (Å²) in [5, 5.41) is 11.1. The van der Waals surface area contributed by atoms with E-state index in [1.165, 1.54) is 0 Å². The molecule has 0 saturated heterocycles. The highest BCUT2D eigenvalue weighted by atomic mass is 16.5. The van der Waals surface area contributed by atoms with Crippen molar-refractivity contribution in [2.45, 2.75) is 12.5 Å². The molecule has 5 heteroatoms. The average molecular weight is 221 g/mol. The first-order chi connectivity index (χ1) is 7.70. The molecule has 1 aromatic rings. The average Bonchev–Trinajstić information content (AvgIpc) is 2.28. The summed E-state index contributed by atoms with van der Waals surface area (Å²) in [6.07, 6.45) is 0.225. The molecule has 0 bridgehead atoms. The smallest absolute Gasteiger partial charge is 0.405 e. The van der Waals surface area contributed by atoms with E-state index in [1.807, 2.05) is 0 Å². The number of fused-ring (bicyclic) bond motifs is 1. The van der Waals surface area contributed by atoms with Gasteiger partial charge < -0.3 is 15.2 Å². The molecule has 1 aromatic carbocycles. The minimum Gasteiger partial charge on any atom is -0.493 e. The maximum Gasteiger partial charge on any atom is 0.405 e. The molecule has 84 valence electrons. The second kappa shape index (κ2) is 4.22. The van der Waals surface area contributed by atoms with E-state index in [0.717, 1.165) is 11.8 Å². The van der Waals surface area contributed by atoms with Gasteiger partial charge in [-0.25, -0.2) is 4.79 Å². The molecule has 0 saturated carbocycles. The summed E-state index contributed by atoms with van der Waals surface area (Å²) in [4.78, 5) is 21.3. The molecule has 0 aliphatic carbocycles. The molecular weight excluding hydrogens is 210 g/mol. The maximum atomic E-state index is 10.6. The van der Waals surface area contributed by atoms with Crippen LogP contribution in [0.4, 0.5) is 4.79 Å². The van der Waals surface area contributed by atoms with Crippen molar-refractivity contribution in [1.29, 1.82) is 0 Å². The molecule has 0 spiro atoms. The predicted octanol–water partition coefficient (Wildman–Crippen LogP) is 1.59. The summed E-state index contributed by atoms with van der Waals surface area (Å²) < 4.78 is 5.39. The van der Waals surface area contributed by atoms with Gasteiger partial charge in [-0.2, -0.15) is 0 Å². The van der Waals surface area contributed by atoms with E-state index in [0.29, 0.717) is 24.3 Å². The third-order valence-electron chi connectivity index (χ3n) is 2.51. The minimum atomic E-state index is -1.07. The van der Waals surface area contributed by atoms with Crippen LogP contribution < -0.4 is 10.1 Å². The fourth-order valence-corrected chi connectivity index (χ4v) is 1.79. The largest absolute Gasteiger partial charge is 0.493 e. The van der Waals surface area contributed by atoms with Gasteiger partial charge in [-0.15, -0.1) is 0 Å². The van der Waals surface area contributed by atoms with Crippen molar-refractivity contribution in [3.05, 3.63) is 29.3 Å². The topological polar surface area (TPSA) is 75.6 Å². The molecule has 1 heterocycles. The third-order valence-corrected chi connectivity index (χ3v) is 2.51. The van der Waals surface area contributed by atoms with Gasteiger partial charge >= 0.3 is 6.09 Å². The van der Waals surface area contributed by atoms with Crippen LogP contribution in [0.1, 0.15) is 28.4 Å². The first kappa shape index (κ1) is 10.5. The number of nitrogens with one attached hydrogen (secondary N) is 1. The Morgan fingerprint density at radius 2 is 2.38 bits per heavy atom. The molecule has 2 rings (SSSR count). The predicted molar refractivity (Wildman–Crippen MR) is 55.8 cm³/mol. The van der Waals surface area contributed by atoms with Gasteiger partial charge in [0.15, 0.2) is 0 Å². The summed E-state index contributed by atoms with van der Waals surface area (Å²) in [5.74, 6) is 0.635. The lowest BCUT2D eigenvalue weighted by atomic mass is 9.99. The molecule has 1 atom stereocenters. The van der Waals surface area contributed by atoms with E-state index in [9.17, 15) is 9.59 Å². The minimum absolute atomic E-state index is 0.304. The summed E-state index contributed by atoms with van der Waals surface area (Å²) in [7, 11) is 0. The van der Waals surface area contributed by atoms with E-state index < -0.39 is 6.09 Å². The SMILES string of the molecule is O=Cc1ccc2c(c1)C(NC(=O)O)CCO2. The fraction of sp³-hybridized carbons (Fsp3) is 0.273. The Labute approximate surface area is 92.0 Å². The van der Waals surface area contributed by atoms with Crippen molar-refractivity contribution in [3.63, 3.8) is 0 Å². The molecule has 0 radical (unpaired) electrons. The number of amides is 1. The van der Waals surface area contributed by atoms with Crippen molar-refractivity contribution >= 4 is 12.4 Å². The number of ether oxygens (including phenoxy) is 1. The Morgan fingerprint density at radius 1 is 1.56 bits per heavy atom. The van der Waals surface area contributed by atoms with Crippen molar-refractivity contribution in [1.82, 2.24) is 5.32 Å². The maximum absolute atomic E-state index is 10.6. The fourth-order valence-electron chi connectivity index (χ4n) is 1.79. The lowest BCUT2D eigenvalue weighted by molar-refractivity contribution is 0.112. The second-order valence-electron chi connectivity index (χ2n) is 3.55. The number of rotatable bonds is 2. The third kappa shape index (κ3) is 1.98. The standard InChI is InChI=1S/C11H11NO4/c13-6-7-1-2-10-8(5-7)9(3-4-16-10)12-11(14)15/h1-2,5-6,9,12H,3-4H2,(H,14,15). The lowest BCUT2D eigenvalue weighted by Gasteiger charge is -2.25. The number of aldehydes is 1. The first-order valence-electron chi connectivity index (χ1n) is 4.92. The van der Waals surface area contributed by atoms with Crippen LogP contribution in [0.15, 0.2) is 18.2 Å². The van der Waals surface area contributed by atoms with Gasteiger partial charge in [0.1, 0.15) is 12.0 Å². The van der Waals surface area contributed by atoms with Gasteiger partial charge in [-0.05, 0) is 18.2 Å². The zero-order valence-corrected chi connectivity index (χ0v) is 8.47. The summed E-state index contributed by atoms with van der Waals surface area (Å²) in [5.41, 5.74) is 1.24. The van der Waals surface area contributed by atoms with Crippen LogP contribution >= 0.6 is 0 Å².